The molecular formula is C21H25N3O3. The number of nitrogens with zero attached hydrogens (tertiary/aromatic N) is 3. The summed E-state index contributed by atoms with van der Waals surface area (Å²) in [5.74, 6) is 0.110. The molecule has 6 heteroatoms. The van der Waals surface area contributed by atoms with Gasteiger partial charge in [0.25, 0.3) is 5.88 Å². The number of benzene rings is 1. The zero-order chi connectivity index (χ0) is 19.2. The molecule has 0 N–H and O–H groups in total. The number of fused-ring (bicyclic) bond motifs is 1. The highest BCUT2D eigenvalue weighted by molar-refractivity contribution is 5.39. The monoisotopic (exact) mass is 367 g/mol. The van der Waals surface area contributed by atoms with Gasteiger partial charge in [-0.1, -0.05) is 49.4 Å². The maximum absolute atomic E-state index is 13.1. The molecule has 142 valence electrons. The largest absolute Gasteiger partial charge is 0.842 e. The Labute approximate surface area is 158 Å². The summed E-state index contributed by atoms with van der Waals surface area (Å²) >= 11 is 0. The summed E-state index contributed by atoms with van der Waals surface area (Å²) in [6.45, 7) is 4.66. The fraction of sp³-hybridized carbons (Fsp3) is 0.381. The van der Waals surface area contributed by atoms with Gasteiger partial charge in [-0.3, -0.25) is 0 Å². The van der Waals surface area contributed by atoms with Gasteiger partial charge in [0.15, 0.2) is 0 Å². The molecule has 0 spiro atoms. The topological polar surface area (TPSA) is 70.5 Å². The van der Waals surface area contributed by atoms with Crippen molar-refractivity contribution >= 4 is 5.65 Å². The lowest BCUT2D eigenvalue weighted by Gasteiger charge is -2.16. The summed E-state index contributed by atoms with van der Waals surface area (Å²) in [5, 5.41) is 17.5. The van der Waals surface area contributed by atoms with Gasteiger partial charge >= 0.3 is 11.2 Å². The van der Waals surface area contributed by atoms with Crippen LogP contribution >= 0.6 is 0 Å². The first-order valence-electron chi connectivity index (χ1n) is 9.53. The lowest BCUT2D eigenvalue weighted by Crippen LogP contribution is -2.43. The van der Waals surface area contributed by atoms with Gasteiger partial charge in [-0.05, 0) is 36.5 Å². The van der Waals surface area contributed by atoms with Crippen LogP contribution in [0.15, 0.2) is 47.3 Å². The van der Waals surface area contributed by atoms with Crippen LogP contribution in [0.4, 0.5) is 0 Å². The smallest absolute Gasteiger partial charge is 0.365 e. The van der Waals surface area contributed by atoms with Gasteiger partial charge in [0.05, 0.1) is 18.1 Å². The average Bonchev–Trinajstić information content (AvgIpc) is 2.69. The zero-order valence-corrected chi connectivity index (χ0v) is 15.9. The average molecular weight is 367 g/mol. The van der Waals surface area contributed by atoms with Gasteiger partial charge in [-0.25, -0.2) is 9.36 Å². The van der Waals surface area contributed by atoms with Crippen LogP contribution in [0.5, 0.6) is 11.8 Å². The lowest BCUT2D eigenvalue weighted by atomic mass is 10.1. The molecule has 0 unspecified atom stereocenters. The van der Waals surface area contributed by atoms with Gasteiger partial charge in [0.2, 0.25) is 0 Å². The van der Waals surface area contributed by atoms with E-state index >= 15 is 0 Å². The lowest BCUT2D eigenvalue weighted by molar-refractivity contribution is -0.632. The van der Waals surface area contributed by atoms with E-state index in [1.54, 1.807) is 16.7 Å². The van der Waals surface area contributed by atoms with Crippen molar-refractivity contribution in [3.05, 3.63) is 58.4 Å². The second kappa shape index (κ2) is 8.66. The van der Waals surface area contributed by atoms with E-state index in [0.717, 1.165) is 25.7 Å². The molecule has 0 aliphatic carbocycles. The molecule has 0 atom stereocenters. The molecule has 0 radical (unpaired) electrons. The Balaban J connectivity index is 2.21. The molecular weight excluding hydrogens is 342 g/mol. The van der Waals surface area contributed by atoms with Crippen molar-refractivity contribution in [2.24, 2.45) is 0 Å². The highest BCUT2D eigenvalue weighted by atomic mass is 16.5. The Morgan fingerprint density at radius 3 is 2.52 bits per heavy atom. The minimum Gasteiger partial charge on any atom is -0.842 e. The number of unbranched alkanes of at least 4 members (excludes halogenated alkanes) is 2. The van der Waals surface area contributed by atoms with Crippen molar-refractivity contribution < 1.29 is 14.4 Å². The SMILES string of the molecule is CCCCOc1ccc2n(n1)c(=O)c(CCCC)c([O-])[n+]2-c1ccccc1. The van der Waals surface area contributed by atoms with E-state index in [0.29, 0.717) is 30.2 Å². The number of hydrogen-bond acceptors (Lipinski definition) is 4. The number of ether oxygens (including phenoxy) is 1. The predicted molar refractivity (Wildman–Crippen MR) is 101 cm³/mol. The van der Waals surface area contributed by atoms with Crippen LogP contribution in [0, 0.1) is 0 Å². The maximum atomic E-state index is 13.1. The predicted octanol–water partition coefficient (Wildman–Crippen LogP) is 2.57. The van der Waals surface area contributed by atoms with Crippen LogP contribution in [-0.4, -0.2) is 16.2 Å². The molecule has 0 fully saturated rings. The van der Waals surface area contributed by atoms with E-state index in [2.05, 4.69) is 12.0 Å². The molecule has 0 saturated carbocycles. The third-order valence-electron chi connectivity index (χ3n) is 4.47. The minimum atomic E-state index is -0.364. The van der Waals surface area contributed by atoms with E-state index in [1.807, 2.05) is 37.3 Å². The summed E-state index contributed by atoms with van der Waals surface area (Å²) < 4.78 is 8.49. The molecule has 0 bridgehead atoms. The van der Waals surface area contributed by atoms with Crippen LogP contribution in [0.2, 0.25) is 0 Å². The summed E-state index contributed by atoms with van der Waals surface area (Å²) in [6, 6.07) is 12.7. The van der Waals surface area contributed by atoms with Crippen LogP contribution in [-0.2, 0) is 6.42 Å². The fourth-order valence-electron chi connectivity index (χ4n) is 2.97. The number of aromatic nitrogens is 3. The molecule has 2 aromatic heterocycles. The number of para-hydroxylation sites is 1. The molecule has 2 heterocycles. The quantitative estimate of drug-likeness (QED) is 0.453. The van der Waals surface area contributed by atoms with E-state index in [9.17, 15) is 9.90 Å². The third-order valence-corrected chi connectivity index (χ3v) is 4.47. The minimum absolute atomic E-state index is 0.261. The molecule has 0 saturated heterocycles. The molecule has 6 nitrogen and oxygen atoms in total. The molecule has 3 rings (SSSR count). The van der Waals surface area contributed by atoms with Crippen molar-refractivity contribution in [2.45, 2.75) is 46.0 Å². The van der Waals surface area contributed by atoms with E-state index in [1.165, 1.54) is 4.52 Å². The molecule has 0 amide bonds. The first-order chi connectivity index (χ1) is 13.2. The van der Waals surface area contributed by atoms with E-state index in [4.69, 9.17) is 4.74 Å². The molecule has 0 aliphatic heterocycles. The Hall–Kier alpha value is -2.89. The second-order valence-corrected chi connectivity index (χ2v) is 6.51. The Kier molecular flexibility index (Phi) is 6.06. The Morgan fingerprint density at radius 1 is 1.07 bits per heavy atom. The summed E-state index contributed by atoms with van der Waals surface area (Å²) in [4.78, 5) is 13.0. The van der Waals surface area contributed by atoms with Gasteiger partial charge in [0, 0.05) is 12.1 Å². The third kappa shape index (κ3) is 3.94. The Bertz CT molecular complexity index is 968. The number of rotatable bonds is 8. The standard InChI is InChI=1S/C21H25N3O3/c1-3-5-12-17-20(25)23(16-10-8-7-9-11-16)19-14-13-18(27-15-6-4-2)22-24(19)21(17)26/h7-11,13-14H,3-6,12,15H2,1-2H3. The summed E-state index contributed by atoms with van der Waals surface area (Å²) in [6.07, 6.45) is 4.05. The van der Waals surface area contributed by atoms with Crippen LogP contribution in [0.25, 0.3) is 11.3 Å². The van der Waals surface area contributed by atoms with Crippen molar-refractivity contribution in [3.63, 3.8) is 0 Å². The molecule has 0 aliphatic rings. The first-order valence-corrected chi connectivity index (χ1v) is 9.53. The van der Waals surface area contributed by atoms with Crippen molar-refractivity contribution in [1.29, 1.82) is 0 Å². The van der Waals surface area contributed by atoms with Crippen molar-refractivity contribution in [2.75, 3.05) is 6.61 Å². The maximum Gasteiger partial charge on any atom is 0.365 e. The highest BCUT2D eigenvalue weighted by Gasteiger charge is 2.21. The molecule has 1 aromatic carbocycles. The van der Waals surface area contributed by atoms with Crippen molar-refractivity contribution in [1.82, 2.24) is 9.61 Å². The van der Waals surface area contributed by atoms with Crippen LogP contribution in [0.1, 0.15) is 45.1 Å². The van der Waals surface area contributed by atoms with E-state index < -0.39 is 0 Å². The van der Waals surface area contributed by atoms with Gasteiger partial charge in [0.1, 0.15) is 5.69 Å². The highest BCUT2D eigenvalue weighted by Crippen LogP contribution is 2.15. The zero-order valence-electron chi connectivity index (χ0n) is 15.9. The summed E-state index contributed by atoms with van der Waals surface area (Å²) in [7, 11) is 0. The normalized spacial score (nSPS) is 11.0. The molecule has 3 aromatic rings. The summed E-state index contributed by atoms with van der Waals surface area (Å²) in [5.41, 5.74) is 1.03. The van der Waals surface area contributed by atoms with Gasteiger partial charge < -0.3 is 9.84 Å². The fourth-order valence-corrected chi connectivity index (χ4v) is 2.97. The molecule has 27 heavy (non-hydrogen) atoms. The van der Waals surface area contributed by atoms with Crippen LogP contribution in [0.3, 0.4) is 0 Å². The van der Waals surface area contributed by atoms with E-state index in [-0.39, 0.29) is 17.0 Å². The van der Waals surface area contributed by atoms with Crippen LogP contribution < -0.4 is 20.0 Å². The van der Waals surface area contributed by atoms with Crippen molar-refractivity contribution in [3.8, 4) is 17.4 Å². The van der Waals surface area contributed by atoms with Gasteiger partial charge in [-0.2, -0.15) is 0 Å². The Morgan fingerprint density at radius 2 is 1.81 bits per heavy atom. The second-order valence-electron chi connectivity index (χ2n) is 6.51. The number of hydrogen-bond donors (Lipinski definition) is 0. The first kappa shape index (κ1) is 18.9. The van der Waals surface area contributed by atoms with Gasteiger partial charge in [-0.15, -0.1) is 0 Å².